The first-order valence-corrected chi connectivity index (χ1v) is 9.46. The maximum Gasteiger partial charge on any atom is 0.268 e. The van der Waals surface area contributed by atoms with Gasteiger partial charge in [0.2, 0.25) is 4.90 Å². The van der Waals surface area contributed by atoms with Crippen molar-refractivity contribution in [1.29, 1.82) is 0 Å². The molecule has 0 saturated carbocycles. The van der Waals surface area contributed by atoms with Crippen LogP contribution in [0.2, 0.25) is 0 Å². The maximum atomic E-state index is 12.7. The van der Waals surface area contributed by atoms with E-state index in [2.05, 4.69) is 0 Å². The molecular formula is C16H12O2S3. The monoisotopic (exact) mass is 332 g/mol. The fourth-order valence-electron chi connectivity index (χ4n) is 1.88. The van der Waals surface area contributed by atoms with Crippen LogP contribution < -0.4 is 0 Å². The zero-order valence-corrected chi connectivity index (χ0v) is 13.4. The fourth-order valence-corrected chi connectivity index (χ4v) is 5.98. The molecule has 5 heteroatoms. The third-order valence-corrected chi connectivity index (χ3v) is 7.28. The lowest BCUT2D eigenvalue weighted by Crippen LogP contribution is -2.08. The van der Waals surface area contributed by atoms with E-state index in [0.29, 0.717) is 9.10 Å². The average molecular weight is 332 g/mol. The second-order valence-corrected chi connectivity index (χ2v) is 8.28. The standard InChI is InChI=1S/C16H12O2S3/c17-20(13-7-3-1-4-8-13)15-11-12-19-16(15)21(18)14-9-5-2-6-10-14/h1-12H. The van der Waals surface area contributed by atoms with Gasteiger partial charge in [-0.25, -0.2) is 0 Å². The normalized spacial score (nSPS) is 13.8. The van der Waals surface area contributed by atoms with Gasteiger partial charge in [0.25, 0.3) is 4.21 Å². The molecule has 0 N–H and O–H groups in total. The number of hydrogen-bond acceptors (Lipinski definition) is 3. The van der Waals surface area contributed by atoms with E-state index in [0.717, 1.165) is 9.79 Å². The van der Waals surface area contributed by atoms with E-state index >= 15 is 0 Å². The van der Waals surface area contributed by atoms with Crippen LogP contribution in [0.1, 0.15) is 0 Å². The summed E-state index contributed by atoms with van der Waals surface area (Å²) in [5.74, 6) is 0. The smallest absolute Gasteiger partial charge is 0.268 e. The lowest BCUT2D eigenvalue weighted by molar-refractivity contribution is 0.585. The molecule has 2 aromatic carbocycles. The summed E-state index contributed by atoms with van der Waals surface area (Å²) in [6.07, 6.45) is 0. The summed E-state index contributed by atoms with van der Waals surface area (Å²) in [7, 11) is 0. The molecule has 0 fully saturated rings. The molecule has 2 unspecified atom stereocenters. The molecular weight excluding hydrogens is 320 g/mol. The summed E-state index contributed by atoms with van der Waals surface area (Å²) < 4.78 is 26.0. The SMILES string of the molecule is [O-][S+](c1ccccc1)c1ccsc1[S+]([O-])c1ccccc1. The van der Waals surface area contributed by atoms with Crippen LogP contribution in [-0.4, -0.2) is 9.11 Å². The van der Waals surface area contributed by atoms with Crippen LogP contribution in [0.25, 0.3) is 0 Å². The third kappa shape index (κ3) is 3.17. The molecule has 0 aliphatic carbocycles. The first-order valence-electron chi connectivity index (χ1n) is 6.28. The first kappa shape index (κ1) is 14.7. The summed E-state index contributed by atoms with van der Waals surface area (Å²) in [6.45, 7) is 0. The number of hydrogen-bond donors (Lipinski definition) is 0. The zero-order valence-electron chi connectivity index (χ0n) is 11.0. The van der Waals surface area contributed by atoms with Crippen molar-refractivity contribution in [3.8, 4) is 0 Å². The Hall–Kier alpha value is -1.24. The Bertz CT molecular complexity index is 638. The van der Waals surface area contributed by atoms with Gasteiger partial charge in [0.05, 0.1) is 0 Å². The molecule has 1 aromatic heterocycles. The van der Waals surface area contributed by atoms with E-state index in [1.165, 1.54) is 11.3 Å². The molecule has 2 atom stereocenters. The molecule has 0 radical (unpaired) electrons. The van der Waals surface area contributed by atoms with Crippen molar-refractivity contribution < 1.29 is 9.11 Å². The van der Waals surface area contributed by atoms with Crippen molar-refractivity contribution in [2.75, 3.05) is 0 Å². The lowest BCUT2D eigenvalue weighted by atomic mass is 10.4. The summed E-state index contributed by atoms with van der Waals surface area (Å²) in [6, 6.07) is 20.3. The first-order chi connectivity index (χ1) is 10.3. The van der Waals surface area contributed by atoms with Gasteiger partial charge in [-0.2, -0.15) is 0 Å². The Balaban J connectivity index is 1.94. The molecule has 0 aliphatic rings. The predicted octanol–water partition coefficient (Wildman–Crippen LogP) is 4.08. The highest BCUT2D eigenvalue weighted by Crippen LogP contribution is 2.34. The van der Waals surface area contributed by atoms with Crippen molar-refractivity contribution in [3.63, 3.8) is 0 Å². The highest BCUT2D eigenvalue weighted by Gasteiger charge is 2.29. The van der Waals surface area contributed by atoms with Crippen molar-refractivity contribution >= 4 is 33.7 Å². The van der Waals surface area contributed by atoms with Gasteiger partial charge in [-0.1, -0.05) is 47.7 Å². The van der Waals surface area contributed by atoms with Crippen LogP contribution in [0, 0.1) is 0 Å². The van der Waals surface area contributed by atoms with E-state index in [9.17, 15) is 9.11 Å². The molecule has 3 aromatic rings. The molecule has 2 nitrogen and oxygen atoms in total. The molecule has 0 spiro atoms. The lowest BCUT2D eigenvalue weighted by Gasteiger charge is -2.12. The van der Waals surface area contributed by atoms with Gasteiger partial charge in [0.1, 0.15) is 0 Å². The Morgan fingerprint density at radius 1 is 0.667 bits per heavy atom. The van der Waals surface area contributed by atoms with E-state index in [-0.39, 0.29) is 0 Å². The van der Waals surface area contributed by atoms with Gasteiger partial charge in [-0.15, -0.1) is 0 Å². The highest BCUT2D eigenvalue weighted by molar-refractivity contribution is 7.96. The molecule has 0 saturated heterocycles. The summed E-state index contributed by atoms with van der Waals surface area (Å²) in [5, 5.41) is 1.84. The Morgan fingerprint density at radius 2 is 1.19 bits per heavy atom. The molecule has 21 heavy (non-hydrogen) atoms. The van der Waals surface area contributed by atoms with Gasteiger partial charge >= 0.3 is 0 Å². The summed E-state index contributed by atoms with van der Waals surface area (Å²) in [5.41, 5.74) is 0. The third-order valence-electron chi connectivity index (χ3n) is 2.88. The highest BCUT2D eigenvalue weighted by atomic mass is 32.2. The van der Waals surface area contributed by atoms with Gasteiger partial charge in [-0.05, 0) is 24.3 Å². The summed E-state index contributed by atoms with van der Waals surface area (Å²) in [4.78, 5) is 2.09. The average Bonchev–Trinajstić information content (AvgIpc) is 3.04. The maximum absolute atomic E-state index is 12.7. The molecule has 0 aliphatic heterocycles. The van der Waals surface area contributed by atoms with Crippen LogP contribution >= 0.6 is 11.3 Å². The van der Waals surface area contributed by atoms with E-state index < -0.39 is 22.4 Å². The van der Waals surface area contributed by atoms with Crippen LogP contribution in [0.5, 0.6) is 0 Å². The summed E-state index contributed by atoms with van der Waals surface area (Å²) >= 11 is -1.22. The van der Waals surface area contributed by atoms with Crippen LogP contribution in [0.4, 0.5) is 0 Å². The van der Waals surface area contributed by atoms with Gasteiger partial charge in [0, 0.05) is 33.8 Å². The van der Waals surface area contributed by atoms with Crippen molar-refractivity contribution in [2.45, 2.75) is 18.9 Å². The van der Waals surface area contributed by atoms with Crippen molar-refractivity contribution in [1.82, 2.24) is 0 Å². The number of thiophene rings is 1. The predicted molar refractivity (Wildman–Crippen MR) is 86.6 cm³/mol. The molecule has 1 heterocycles. The second kappa shape index (κ2) is 6.68. The topological polar surface area (TPSA) is 46.1 Å². The van der Waals surface area contributed by atoms with Crippen LogP contribution in [0.15, 0.2) is 91.0 Å². The van der Waals surface area contributed by atoms with E-state index in [1.807, 2.05) is 66.0 Å². The van der Waals surface area contributed by atoms with E-state index in [1.54, 1.807) is 6.07 Å². The number of benzene rings is 2. The number of rotatable bonds is 4. The van der Waals surface area contributed by atoms with Gasteiger partial charge in [0.15, 0.2) is 9.79 Å². The van der Waals surface area contributed by atoms with Crippen molar-refractivity contribution in [2.24, 2.45) is 0 Å². The minimum absolute atomic E-state index is 0.633. The van der Waals surface area contributed by atoms with Crippen LogP contribution in [0.3, 0.4) is 0 Å². The molecule has 0 bridgehead atoms. The van der Waals surface area contributed by atoms with E-state index in [4.69, 9.17) is 0 Å². The molecule has 106 valence electrons. The fraction of sp³-hybridized carbons (Fsp3) is 0. The minimum Gasteiger partial charge on any atom is -0.606 e. The molecule has 0 amide bonds. The van der Waals surface area contributed by atoms with Crippen LogP contribution in [-0.2, 0) is 22.4 Å². The van der Waals surface area contributed by atoms with Gasteiger partial charge < -0.3 is 9.11 Å². The van der Waals surface area contributed by atoms with Crippen molar-refractivity contribution in [3.05, 3.63) is 72.1 Å². The second-order valence-electron chi connectivity index (χ2n) is 4.24. The van der Waals surface area contributed by atoms with Gasteiger partial charge in [-0.3, -0.25) is 0 Å². The quantitative estimate of drug-likeness (QED) is 0.676. The Labute approximate surface area is 133 Å². The minimum atomic E-state index is -1.30. The Morgan fingerprint density at radius 3 is 1.76 bits per heavy atom. The molecule has 3 rings (SSSR count). The Kier molecular flexibility index (Phi) is 4.67. The zero-order chi connectivity index (χ0) is 14.7. The largest absolute Gasteiger partial charge is 0.606 e.